The van der Waals surface area contributed by atoms with Crippen molar-refractivity contribution < 1.29 is 32.9 Å². The minimum atomic E-state index is -3.71. The number of aromatic hydroxyl groups is 1. The van der Waals surface area contributed by atoms with E-state index in [0.29, 0.717) is 31.0 Å². The summed E-state index contributed by atoms with van der Waals surface area (Å²) in [6.45, 7) is 4.87. The number of carbonyl (C=O) groups excluding carboxylic acids is 1. The molecule has 37 heavy (non-hydrogen) atoms. The third-order valence-corrected chi connectivity index (χ3v) is 5.75. The fourth-order valence-electron chi connectivity index (χ4n) is 3.54. The van der Waals surface area contributed by atoms with Gasteiger partial charge < -0.3 is 25.0 Å². The lowest BCUT2D eigenvalue weighted by atomic mass is 10.0. The Morgan fingerprint density at radius 1 is 1.00 bits per heavy atom. The summed E-state index contributed by atoms with van der Waals surface area (Å²) in [5.41, 5.74) is 2.42. The van der Waals surface area contributed by atoms with Crippen molar-refractivity contribution in [1.82, 2.24) is 10.0 Å². The van der Waals surface area contributed by atoms with Crippen LogP contribution < -0.4 is 19.5 Å². The molecule has 3 aromatic carbocycles. The Morgan fingerprint density at radius 2 is 1.70 bits per heavy atom. The van der Waals surface area contributed by atoms with Crippen LogP contribution in [0.5, 0.6) is 17.2 Å². The van der Waals surface area contributed by atoms with Crippen molar-refractivity contribution >= 4 is 15.9 Å². The number of hydrogen-bond donors (Lipinski definition) is 4. The van der Waals surface area contributed by atoms with Gasteiger partial charge in [0.1, 0.15) is 23.9 Å². The molecule has 10 heteroatoms. The van der Waals surface area contributed by atoms with Crippen LogP contribution in [0.2, 0.25) is 0 Å². The molecule has 0 unspecified atom stereocenters. The number of phenols is 1. The van der Waals surface area contributed by atoms with Crippen molar-refractivity contribution in [3.63, 3.8) is 0 Å². The molecule has 0 saturated carbocycles. The van der Waals surface area contributed by atoms with Gasteiger partial charge in [0.2, 0.25) is 10.0 Å². The third-order valence-electron chi connectivity index (χ3n) is 5.19. The number of aliphatic hydroxyl groups excluding tert-OH is 1. The largest absolute Gasteiger partial charge is 0.508 e. The quantitative estimate of drug-likeness (QED) is 0.263. The molecule has 0 fully saturated rings. The maximum absolute atomic E-state index is 12.4. The number of benzene rings is 3. The molecule has 1 amide bonds. The van der Waals surface area contributed by atoms with E-state index in [0.717, 1.165) is 17.4 Å². The van der Waals surface area contributed by atoms with Crippen LogP contribution in [0.4, 0.5) is 0 Å². The Bertz CT molecular complexity index is 1310. The number of sulfonamides is 1. The van der Waals surface area contributed by atoms with Crippen LogP contribution in [0.3, 0.4) is 0 Å². The molecule has 1 atom stereocenters. The summed E-state index contributed by atoms with van der Waals surface area (Å²) in [6, 6.07) is 18.9. The highest BCUT2D eigenvalue weighted by Gasteiger charge is 2.18. The standard InChI is InChI=1S/C27H32N2O7S/c1-18(2)36-26-16-20(9-12-24(26)27(32)29-37(3,33)34)19-7-10-23(11-8-19)35-14-13-28-17-25(31)21-5-4-6-22(30)15-21/h4-12,15-16,18,25,28,30-31H,13-14,17H2,1-3H3,(H,29,32)/t25-/m1/s1. The van der Waals surface area contributed by atoms with Crippen molar-refractivity contribution in [2.75, 3.05) is 26.0 Å². The number of rotatable bonds is 12. The zero-order valence-corrected chi connectivity index (χ0v) is 21.8. The number of nitrogens with one attached hydrogen (secondary N) is 2. The fourth-order valence-corrected chi connectivity index (χ4v) is 3.98. The lowest BCUT2D eigenvalue weighted by Crippen LogP contribution is -2.30. The highest BCUT2D eigenvalue weighted by molar-refractivity contribution is 7.89. The lowest BCUT2D eigenvalue weighted by Gasteiger charge is -2.16. The van der Waals surface area contributed by atoms with Gasteiger partial charge in [0.15, 0.2) is 0 Å². The summed E-state index contributed by atoms with van der Waals surface area (Å²) in [6.07, 6.45) is -0.0345. The van der Waals surface area contributed by atoms with Crippen LogP contribution in [0.25, 0.3) is 11.1 Å². The molecule has 0 aliphatic carbocycles. The average molecular weight is 529 g/mol. The maximum Gasteiger partial charge on any atom is 0.268 e. The van der Waals surface area contributed by atoms with Gasteiger partial charge in [-0.05, 0) is 66.9 Å². The average Bonchev–Trinajstić information content (AvgIpc) is 2.82. The van der Waals surface area contributed by atoms with E-state index >= 15 is 0 Å². The summed E-state index contributed by atoms with van der Waals surface area (Å²) >= 11 is 0. The van der Waals surface area contributed by atoms with Gasteiger partial charge in [-0.2, -0.15) is 0 Å². The van der Waals surface area contributed by atoms with E-state index in [1.165, 1.54) is 12.1 Å². The van der Waals surface area contributed by atoms with Gasteiger partial charge in [0, 0.05) is 13.1 Å². The zero-order valence-electron chi connectivity index (χ0n) is 21.0. The fraction of sp³-hybridized carbons (Fsp3) is 0.296. The van der Waals surface area contributed by atoms with Gasteiger partial charge in [0.25, 0.3) is 5.91 Å². The molecular weight excluding hydrogens is 496 g/mol. The smallest absolute Gasteiger partial charge is 0.268 e. The second-order valence-corrected chi connectivity index (χ2v) is 10.5. The predicted molar refractivity (Wildman–Crippen MR) is 141 cm³/mol. The maximum atomic E-state index is 12.4. The van der Waals surface area contributed by atoms with Crippen LogP contribution in [-0.4, -0.2) is 56.6 Å². The highest BCUT2D eigenvalue weighted by atomic mass is 32.2. The van der Waals surface area contributed by atoms with Crippen LogP contribution in [0.15, 0.2) is 66.7 Å². The third kappa shape index (κ3) is 8.78. The second-order valence-electron chi connectivity index (χ2n) is 8.77. The van der Waals surface area contributed by atoms with E-state index in [-0.39, 0.29) is 23.2 Å². The molecule has 3 rings (SSSR count). The zero-order chi connectivity index (χ0) is 27.0. The van der Waals surface area contributed by atoms with E-state index in [4.69, 9.17) is 9.47 Å². The van der Waals surface area contributed by atoms with Crippen molar-refractivity contribution in [3.05, 3.63) is 77.9 Å². The summed E-state index contributed by atoms with van der Waals surface area (Å²) < 4.78 is 36.4. The van der Waals surface area contributed by atoms with Crippen LogP contribution in [-0.2, 0) is 10.0 Å². The lowest BCUT2D eigenvalue weighted by molar-refractivity contribution is 0.0976. The molecule has 0 radical (unpaired) electrons. The summed E-state index contributed by atoms with van der Waals surface area (Å²) in [4.78, 5) is 12.4. The van der Waals surface area contributed by atoms with Crippen LogP contribution >= 0.6 is 0 Å². The summed E-state index contributed by atoms with van der Waals surface area (Å²) in [5.74, 6) is 0.312. The minimum Gasteiger partial charge on any atom is -0.508 e. The molecule has 0 saturated heterocycles. The molecule has 0 aliphatic heterocycles. The summed E-state index contributed by atoms with van der Waals surface area (Å²) in [7, 11) is -3.71. The first-order chi connectivity index (χ1) is 17.5. The molecule has 0 heterocycles. The normalized spacial score (nSPS) is 12.2. The van der Waals surface area contributed by atoms with Crippen molar-refractivity contribution in [2.45, 2.75) is 26.1 Å². The van der Waals surface area contributed by atoms with E-state index < -0.39 is 22.0 Å². The highest BCUT2D eigenvalue weighted by Crippen LogP contribution is 2.29. The number of hydrogen-bond acceptors (Lipinski definition) is 8. The van der Waals surface area contributed by atoms with Gasteiger partial charge in [-0.15, -0.1) is 0 Å². The van der Waals surface area contributed by atoms with E-state index in [9.17, 15) is 23.4 Å². The van der Waals surface area contributed by atoms with Crippen molar-refractivity contribution in [2.24, 2.45) is 0 Å². The monoisotopic (exact) mass is 528 g/mol. The van der Waals surface area contributed by atoms with E-state index in [1.807, 2.05) is 42.8 Å². The summed E-state index contributed by atoms with van der Waals surface area (Å²) in [5, 5.41) is 22.8. The molecule has 0 spiro atoms. The van der Waals surface area contributed by atoms with Gasteiger partial charge in [-0.1, -0.05) is 30.3 Å². The molecule has 0 aliphatic rings. The Kier molecular flexibility index (Phi) is 9.51. The number of ether oxygens (including phenoxy) is 2. The first-order valence-corrected chi connectivity index (χ1v) is 13.6. The molecule has 0 bridgehead atoms. The number of carbonyl (C=O) groups is 1. The molecule has 198 valence electrons. The number of aliphatic hydroxyl groups is 1. The molecule has 0 aromatic heterocycles. The first kappa shape index (κ1) is 28.0. The molecule has 3 aromatic rings. The Balaban J connectivity index is 1.57. The Morgan fingerprint density at radius 3 is 2.35 bits per heavy atom. The van der Waals surface area contributed by atoms with E-state index in [2.05, 4.69) is 5.32 Å². The van der Waals surface area contributed by atoms with Gasteiger partial charge in [0.05, 0.1) is 24.0 Å². The Hall–Kier alpha value is -3.60. The van der Waals surface area contributed by atoms with Gasteiger partial charge in [-0.3, -0.25) is 4.79 Å². The topological polar surface area (TPSA) is 134 Å². The molecule has 9 nitrogen and oxygen atoms in total. The van der Waals surface area contributed by atoms with Crippen molar-refractivity contribution in [3.8, 4) is 28.4 Å². The molecule has 4 N–H and O–H groups in total. The van der Waals surface area contributed by atoms with Gasteiger partial charge >= 0.3 is 0 Å². The van der Waals surface area contributed by atoms with Crippen LogP contribution in [0.1, 0.15) is 35.9 Å². The first-order valence-electron chi connectivity index (χ1n) is 11.8. The SMILES string of the molecule is CC(C)Oc1cc(-c2ccc(OCCNC[C@@H](O)c3cccc(O)c3)cc2)ccc1C(=O)NS(C)(=O)=O. The minimum absolute atomic E-state index is 0.111. The number of phenolic OH excluding ortho intramolecular Hbond substituents is 1. The molecular formula is C27H32N2O7S. The number of amides is 1. The second kappa shape index (κ2) is 12.6. The Labute approximate surface area is 217 Å². The van der Waals surface area contributed by atoms with Crippen LogP contribution in [0, 0.1) is 0 Å². The van der Waals surface area contributed by atoms with E-state index in [1.54, 1.807) is 30.3 Å². The van der Waals surface area contributed by atoms with Gasteiger partial charge in [-0.25, -0.2) is 13.1 Å². The van der Waals surface area contributed by atoms with Crippen molar-refractivity contribution in [1.29, 1.82) is 0 Å². The predicted octanol–water partition coefficient (Wildman–Crippen LogP) is 3.24.